The van der Waals surface area contributed by atoms with Crippen molar-refractivity contribution in [2.75, 3.05) is 18.1 Å². The number of aliphatic imine (C=N–C) groups is 1. The van der Waals surface area contributed by atoms with E-state index in [1.165, 1.54) is 19.3 Å². The van der Waals surface area contributed by atoms with Crippen LogP contribution in [0, 0.1) is 0 Å². The third kappa shape index (κ3) is 3.34. The average Bonchev–Trinajstić information content (AvgIpc) is 3.15. The summed E-state index contributed by atoms with van der Waals surface area (Å²) in [6.45, 7) is 0.824. The Labute approximate surface area is 182 Å². The summed E-state index contributed by atoms with van der Waals surface area (Å²) in [5.41, 5.74) is 2.97. The maximum Gasteiger partial charge on any atom is 0.229 e. The van der Waals surface area contributed by atoms with Crippen molar-refractivity contribution in [2.24, 2.45) is 10.1 Å². The summed E-state index contributed by atoms with van der Waals surface area (Å²) in [6, 6.07) is 9.34. The van der Waals surface area contributed by atoms with E-state index in [1.807, 2.05) is 18.3 Å². The maximum atomic E-state index is 11.4. The molecular weight excluding hydrogens is 416 g/mol. The molecule has 0 saturated heterocycles. The van der Waals surface area contributed by atoms with Gasteiger partial charge < -0.3 is 9.88 Å². The summed E-state index contributed by atoms with van der Waals surface area (Å²) in [4.78, 5) is 15.0. The molecule has 1 aliphatic heterocycles. The Balaban J connectivity index is 1.57. The van der Waals surface area contributed by atoms with Gasteiger partial charge in [0.15, 0.2) is 0 Å². The predicted octanol–water partition coefficient (Wildman–Crippen LogP) is 3.94. The lowest BCUT2D eigenvalue weighted by atomic mass is 9.80. The van der Waals surface area contributed by atoms with Crippen LogP contribution in [0.1, 0.15) is 37.8 Å². The fourth-order valence-corrected chi connectivity index (χ4v) is 5.58. The first-order chi connectivity index (χ1) is 14.6. The predicted molar refractivity (Wildman–Crippen MR) is 124 cm³/mol. The molecule has 0 bridgehead atoms. The van der Waals surface area contributed by atoms with Gasteiger partial charge in [-0.3, -0.25) is 4.99 Å². The van der Waals surface area contributed by atoms with Crippen molar-refractivity contribution < 1.29 is 4.21 Å². The average molecular weight is 441 g/mol. The highest BCUT2D eigenvalue weighted by molar-refractivity contribution is 8.13. The molecule has 3 heterocycles. The maximum absolute atomic E-state index is 11.4. The highest BCUT2D eigenvalue weighted by atomic mass is 32.2. The fourth-order valence-electron chi connectivity index (χ4n) is 4.62. The Hall–Kier alpha value is -2.23. The monoisotopic (exact) mass is 440 g/mol. The second kappa shape index (κ2) is 7.79. The molecule has 30 heavy (non-hydrogen) atoms. The number of hydrogen-bond donors (Lipinski definition) is 2. The van der Waals surface area contributed by atoms with Gasteiger partial charge >= 0.3 is 0 Å². The van der Waals surface area contributed by atoms with Crippen molar-refractivity contribution in [3.05, 3.63) is 42.2 Å². The smallest absolute Gasteiger partial charge is 0.229 e. The normalized spacial score (nSPS) is 18.8. The summed E-state index contributed by atoms with van der Waals surface area (Å²) in [5.74, 6) is 0.546. The summed E-state index contributed by atoms with van der Waals surface area (Å²) >= 11 is 1.69. The third-order valence-corrected chi connectivity index (χ3v) is 7.53. The molecule has 7 nitrogen and oxygen atoms in total. The molecular formula is C21H24N6OS2. The number of nitrogens with two attached hydrogens (primary N) is 1. The molecule has 2 aromatic heterocycles. The van der Waals surface area contributed by atoms with Crippen LogP contribution >= 0.6 is 11.8 Å². The summed E-state index contributed by atoms with van der Waals surface area (Å²) < 4.78 is 13.8. The molecule has 3 N–H and O–H groups in total. The van der Waals surface area contributed by atoms with Crippen molar-refractivity contribution in [3.8, 4) is 0 Å². The zero-order valence-electron chi connectivity index (χ0n) is 16.8. The van der Waals surface area contributed by atoms with Gasteiger partial charge in [0.25, 0.3) is 0 Å². The standard InChI is InChI=1S/C21H24N6OS2/c1-29-19-17-11-14-12-23-20(25-15-5-7-16(8-6-15)30(22)28)26-18(14)27(17)21(13-24-19)9-3-2-4-10-21/h5-8,11-12H,2-4,9-10,13,22H2,1H3,(H,23,25,26). The molecule has 5 rings (SSSR count). The van der Waals surface area contributed by atoms with E-state index in [4.69, 9.17) is 15.1 Å². The van der Waals surface area contributed by atoms with Gasteiger partial charge in [0.1, 0.15) is 21.7 Å². The van der Waals surface area contributed by atoms with Gasteiger partial charge in [0, 0.05) is 17.3 Å². The van der Waals surface area contributed by atoms with Gasteiger partial charge in [0.2, 0.25) is 5.95 Å². The lowest BCUT2D eigenvalue weighted by molar-refractivity contribution is 0.204. The molecule has 0 radical (unpaired) electrons. The molecule has 1 spiro atoms. The Bertz CT molecular complexity index is 1150. The molecule has 1 aliphatic carbocycles. The van der Waals surface area contributed by atoms with E-state index >= 15 is 0 Å². The number of aromatic nitrogens is 3. The number of fused-ring (bicyclic) bond motifs is 4. The van der Waals surface area contributed by atoms with Crippen molar-refractivity contribution in [1.29, 1.82) is 0 Å². The van der Waals surface area contributed by atoms with Crippen molar-refractivity contribution in [3.63, 3.8) is 0 Å². The first-order valence-electron chi connectivity index (χ1n) is 10.1. The van der Waals surface area contributed by atoms with Crippen LogP contribution in [0.4, 0.5) is 11.6 Å². The van der Waals surface area contributed by atoms with Gasteiger partial charge in [-0.1, -0.05) is 19.3 Å². The Morgan fingerprint density at radius 2 is 1.97 bits per heavy atom. The van der Waals surface area contributed by atoms with E-state index in [9.17, 15) is 4.21 Å². The Morgan fingerprint density at radius 3 is 2.67 bits per heavy atom. The van der Waals surface area contributed by atoms with Crippen LogP contribution in [0.3, 0.4) is 0 Å². The van der Waals surface area contributed by atoms with Crippen molar-refractivity contribution in [1.82, 2.24) is 14.5 Å². The number of benzene rings is 1. The zero-order valence-corrected chi connectivity index (χ0v) is 18.4. The van der Waals surface area contributed by atoms with Gasteiger partial charge in [-0.2, -0.15) is 4.98 Å². The molecule has 0 amide bonds. The van der Waals surface area contributed by atoms with Crippen molar-refractivity contribution >= 4 is 50.5 Å². The second-order valence-corrected chi connectivity index (χ2v) is 9.76. The van der Waals surface area contributed by atoms with Crippen LogP contribution in [0.25, 0.3) is 11.0 Å². The van der Waals surface area contributed by atoms with Crippen LogP contribution in [0.2, 0.25) is 0 Å². The SMILES string of the molecule is CSC1=NCC2(CCCCC2)n2c1cc1cnc(Nc3ccc(S(N)=O)cc3)nc12. The minimum Gasteiger partial charge on any atom is -0.324 e. The molecule has 1 atom stereocenters. The Morgan fingerprint density at radius 1 is 1.20 bits per heavy atom. The van der Waals surface area contributed by atoms with E-state index in [-0.39, 0.29) is 5.54 Å². The van der Waals surface area contributed by atoms with Gasteiger partial charge in [-0.25, -0.2) is 14.3 Å². The quantitative estimate of drug-likeness (QED) is 0.643. The van der Waals surface area contributed by atoms with E-state index in [0.29, 0.717) is 10.8 Å². The highest BCUT2D eigenvalue weighted by Crippen LogP contribution is 2.42. The number of hydrogen-bond acceptors (Lipinski definition) is 6. The molecule has 1 fully saturated rings. The van der Waals surface area contributed by atoms with E-state index in [0.717, 1.165) is 46.8 Å². The molecule has 1 aromatic carbocycles. The van der Waals surface area contributed by atoms with Crippen LogP contribution in [-0.4, -0.2) is 36.6 Å². The first-order valence-corrected chi connectivity index (χ1v) is 12.5. The molecule has 9 heteroatoms. The molecule has 3 aromatic rings. The molecule has 156 valence electrons. The van der Waals surface area contributed by atoms with Crippen LogP contribution < -0.4 is 10.5 Å². The number of nitrogens with zero attached hydrogens (tertiary/aromatic N) is 4. The van der Waals surface area contributed by atoms with Crippen LogP contribution in [0.15, 0.2) is 46.4 Å². The lowest BCUT2D eigenvalue weighted by Gasteiger charge is -2.41. The van der Waals surface area contributed by atoms with Gasteiger partial charge in [-0.15, -0.1) is 11.8 Å². The highest BCUT2D eigenvalue weighted by Gasteiger charge is 2.40. The van der Waals surface area contributed by atoms with Crippen molar-refractivity contribution in [2.45, 2.75) is 42.5 Å². The van der Waals surface area contributed by atoms with Gasteiger partial charge in [-0.05, 0) is 49.4 Å². The third-order valence-electron chi connectivity index (χ3n) is 6.07. The second-order valence-electron chi connectivity index (χ2n) is 7.89. The van der Waals surface area contributed by atoms with Gasteiger partial charge in [0.05, 0.1) is 22.7 Å². The number of nitrogens with one attached hydrogen (secondary N) is 1. The summed E-state index contributed by atoms with van der Waals surface area (Å²) in [6.07, 6.45) is 9.99. The topological polar surface area (TPSA) is 98.2 Å². The minimum absolute atomic E-state index is 0.0209. The van der Waals surface area contributed by atoms with Crippen LogP contribution in [0.5, 0.6) is 0 Å². The van der Waals surface area contributed by atoms with E-state index in [2.05, 4.69) is 27.2 Å². The van der Waals surface area contributed by atoms with Crippen LogP contribution in [-0.2, 0) is 16.5 Å². The number of rotatable bonds is 3. The molecule has 1 unspecified atom stereocenters. The summed E-state index contributed by atoms with van der Waals surface area (Å²) in [7, 11) is -1.49. The minimum atomic E-state index is -1.49. The zero-order chi connectivity index (χ0) is 20.7. The number of anilines is 2. The largest absolute Gasteiger partial charge is 0.324 e. The Kier molecular flexibility index (Phi) is 5.12. The van der Waals surface area contributed by atoms with E-state index in [1.54, 1.807) is 23.9 Å². The summed E-state index contributed by atoms with van der Waals surface area (Å²) in [5, 5.41) is 10.8. The number of thioether (sulfide) groups is 1. The molecule has 2 aliphatic rings. The fraction of sp³-hybridized carbons (Fsp3) is 0.381. The molecule has 1 saturated carbocycles. The first kappa shape index (κ1) is 19.7. The van der Waals surface area contributed by atoms with E-state index < -0.39 is 11.0 Å². The lowest BCUT2D eigenvalue weighted by Crippen LogP contribution is -2.43.